The van der Waals surface area contributed by atoms with E-state index < -0.39 is 0 Å². The highest BCUT2D eigenvalue weighted by atomic mass is 79.9. The van der Waals surface area contributed by atoms with Crippen LogP contribution in [0.5, 0.6) is 0 Å². The molecule has 1 aromatic carbocycles. The molecule has 0 amide bonds. The fourth-order valence-electron chi connectivity index (χ4n) is 1.46. The van der Waals surface area contributed by atoms with Crippen molar-refractivity contribution in [2.75, 3.05) is 0 Å². The van der Waals surface area contributed by atoms with Gasteiger partial charge in [0.1, 0.15) is 5.15 Å². The van der Waals surface area contributed by atoms with Gasteiger partial charge in [-0.3, -0.25) is 0 Å². The van der Waals surface area contributed by atoms with Gasteiger partial charge in [0.2, 0.25) is 0 Å². The molecule has 2 aromatic rings. The van der Waals surface area contributed by atoms with Gasteiger partial charge < -0.3 is 0 Å². The minimum atomic E-state index is 0.549. The summed E-state index contributed by atoms with van der Waals surface area (Å²) >= 11 is 15.6. The van der Waals surface area contributed by atoms with Crippen molar-refractivity contribution in [2.24, 2.45) is 0 Å². The number of nitrogens with zero attached hydrogens (tertiary/aromatic N) is 1. The predicted molar refractivity (Wildman–Crippen MR) is 68.8 cm³/mol. The van der Waals surface area contributed by atoms with Crippen LogP contribution in [0.15, 0.2) is 22.7 Å². The van der Waals surface area contributed by atoms with E-state index in [2.05, 4.69) is 20.9 Å². The predicted octanol–water partition coefficient (Wildman–Crippen LogP) is 4.87. The van der Waals surface area contributed by atoms with Crippen molar-refractivity contribution in [1.82, 2.24) is 4.98 Å². The molecule has 0 bridgehead atoms. The zero-order valence-electron chi connectivity index (χ0n) is 8.02. The maximum absolute atomic E-state index is 6.11. The van der Waals surface area contributed by atoms with E-state index in [1.165, 1.54) is 0 Å². The summed E-state index contributed by atoms with van der Waals surface area (Å²) in [6, 6.07) is 5.72. The Morgan fingerprint density at radius 2 is 2.07 bits per heavy atom. The van der Waals surface area contributed by atoms with Gasteiger partial charge in [-0.2, -0.15) is 0 Å². The van der Waals surface area contributed by atoms with Crippen LogP contribution in [-0.2, 0) is 6.42 Å². The van der Waals surface area contributed by atoms with E-state index in [1.807, 2.05) is 25.1 Å². The zero-order valence-corrected chi connectivity index (χ0v) is 11.1. The third-order valence-corrected chi connectivity index (χ3v) is 3.59. The van der Waals surface area contributed by atoms with E-state index in [1.54, 1.807) is 0 Å². The number of aryl methyl sites for hydroxylation is 1. The molecule has 1 heterocycles. The van der Waals surface area contributed by atoms with Crippen molar-refractivity contribution in [2.45, 2.75) is 13.3 Å². The molecule has 1 nitrogen and oxygen atoms in total. The Morgan fingerprint density at radius 1 is 1.33 bits per heavy atom. The van der Waals surface area contributed by atoms with Crippen LogP contribution >= 0.6 is 39.1 Å². The lowest BCUT2D eigenvalue weighted by Gasteiger charge is -2.06. The molecule has 0 aliphatic heterocycles. The van der Waals surface area contributed by atoms with Crippen molar-refractivity contribution in [3.05, 3.63) is 38.4 Å². The molecule has 0 N–H and O–H groups in total. The van der Waals surface area contributed by atoms with Crippen LogP contribution in [-0.4, -0.2) is 4.98 Å². The van der Waals surface area contributed by atoms with E-state index in [9.17, 15) is 0 Å². The van der Waals surface area contributed by atoms with Crippen LogP contribution in [0.2, 0.25) is 10.2 Å². The highest BCUT2D eigenvalue weighted by Crippen LogP contribution is 2.31. The first-order valence-corrected chi connectivity index (χ1v) is 6.11. The van der Waals surface area contributed by atoms with Crippen molar-refractivity contribution < 1.29 is 0 Å². The number of aromatic nitrogens is 1. The second-order valence-corrected chi connectivity index (χ2v) is 4.84. The summed E-state index contributed by atoms with van der Waals surface area (Å²) in [5.74, 6) is 0. The molecule has 0 radical (unpaired) electrons. The fourth-order valence-corrected chi connectivity index (χ4v) is 2.37. The second-order valence-electron chi connectivity index (χ2n) is 3.22. The van der Waals surface area contributed by atoms with Crippen molar-refractivity contribution in [1.29, 1.82) is 0 Å². The largest absolute Gasteiger partial charge is 0.235 e. The summed E-state index contributed by atoms with van der Waals surface area (Å²) in [4.78, 5) is 4.34. The summed E-state index contributed by atoms with van der Waals surface area (Å²) in [7, 11) is 0. The van der Waals surface area contributed by atoms with Gasteiger partial charge in [0.05, 0.1) is 10.5 Å². The SMILES string of the molecule is CCc1cc2c(Cl)ccc(Br)c2nc1Cl. The fraction of sp³-hybridized carbons (Fsp3) is 0.182. The molecule has 4 heteroatoms. The van der Waals surface area contributed by atoms with Crippen LogP contribution in [0.3, 0.4) is 0 Å². The quantitative estimate of drug-likeness (QED) is 0.685. The van der Waals surface area contributed by atoms with Gasteiger partial charge in [0.15, 0.2) is 0 Å². The average molecular weight is 305 g/mol. The number of pyridine rings is 1. The molecule has 0 unspecified atom stereocenters. The number of hydrogen-bond donors (Lipinski definition) is 0. The zero-order chi connectivity index (χ0) is 11.0. The molecule has 0 fully saturated rings. The van der Waals surface area contributed by atoms with E-state index >= 15 is 0 Å². The van der Waals surface area contributed by atoms with Crippen molar-refractivity contribution in [3.63, 3.8) is 0 Å². The Balaban J connectivity index is 2.86. The lowest BCUT2D eigenvalue weighted by Crippen LogP contribution is -1.89. The van der Waals surface area contributed by atoms with Gasteiger partial charge in [0.25, 0.3) is 0 Å². The molecule has 0 atom stereocenters. The lowest BCUT2D eigenvalue weighted by molar-refractivity contribution is 1.12. The highest BCUT2D eigenvalue weighted by Gasteiger charge is 2.08. The first kappa shape index (κ1) is 11.2. The van der Waals surface area contributed by atoms with Crippen LogP contribution in [0.25, 0.3) is 10.9 Å². The van der Waals surface area contributed by atoms with Crippen LogP contribution < -0.4 is 0 Å². The maximum Gasteiger partial charge on any atom is 0.133 e. The Morgan fingerprint density at radius 3 is 2.73 bits per heavy atom. The number of fused-ring (bicyclic) bond motifs is 1. The number of halogens is 3. The minimum absolute atomic E-state index is 0.549. The van der Waals surface area contributed by atoms with Gasteiger partial charge in [0, 0.05) is 9.86 Å². The third-order valence-electron chi connectivity index (χ3n) is 2.29. The maximum atomic E-state index is 6.11. The molecular formula is C11H8BrCl2N. The highest BCUT2D eigenvalue weighted by molar-refractivity contribution is 9.10. The summed E-state index contributed by atoms with van der Waals surface area (Å²) in [6.07, 6.45) is 0.852. The normalized spacial score (nSPS) is 10.9. The second kappa shape index (κ2) is 4.28. The standard InChI is InChI=1S/C11H8BrCl2N/c1-2-6-5-7-9(13)4-3-8(12)10(7)15-11(6)14/h3-5H,2H2,1H3. The van der Waals surface area contributed by atoms with Gasteiger partial charge >= 0.3 is 0 Å². The summed E-state index contributed by atoms with van der Waals surface area (Å²) in [6.45, 7) is 2.04. The average Bonchev–Trinajstić information content (AvgIpc) is 2.23. The molecule has 2 rings (SSSR count). The van der Waals surface area contributed by atoms with E-state index in [4.69, 9.17) is 23.2 Å². The van der Waals surface area contributed by atoms with Crippen LogP contribution in [0.1, 0.15) is 12.5 Å². The molecule has 0 spiro atoms. The van der Waals surface area contributed by atoms with Crippen molar-refractivity contribution in [3.8, 4) is 0 Å². The third kappa shape index (κ3) is 1.99. The number of hydrogen-bond acceptors (Lipinski definition) is 1. The minimum Gasteiger partial charge on any atom is -0.235 e. The smallest absolute Gasteiger partial charge is 0.133 e. The van der Waals surface area contributed by atoms with Gasteiger partial charge in [-0.25, -0.2) is 4.98 Å². The van der Waals surface area contributed by atoms with E-state index in [0.717, 1.165) is 27.4 Å². The summed E-state index contributed by atoms with van der Waals surface area (Å²) in [5, 5.41) is 2.19. The molecule has 78 valence electrons. The van der Waals surface area contributed by atoms with Crippen LogP contribution in [0.4, 0.5) is 0 Å². The summed E-state index contributed by atoms with van der Waals surface area (Å²) < 4.78 is 0.909. The van der Waals surface area contributed by atoms with E-state index in [-0.39, 0.29) is 0 Å². The van der Waals surface area contributed by atoms with E-state index in [0.29, 0.717) is 10.2 Å². The lowest BCUT2D eigenvalue weighted by atomic mass is 10.1. The number of rotatable bonds is 1. The number of benzene rings is 1. The van der Waals surface area contributed by atoms with Crippen molar-refractivity contribution >= 4 is 50.0 Å². The molecule has 1 aromatic heterocycles. The van der Waals surface area contributed by atoms with Gasteiger partial charge in [-0.05, 0) is 46.1 Å². The Bertz CT molecular complexity index is 525. The Hall–Kier alpha value is -0.310. The Kier molecular flexibility index (Phi) is 3.19. The monoisotopic (exact) mass is 303 g/mol. The molecular weight excluding hydrogens is 297 g/mol. The molecule has 0 saturated carbocycles. The topological polar surface area (TPSA) is 12.9 Å². The molecule has 0 aliphatic rings. The Labute approximate surface area is 107 Å². The molecule has 0 saturated heterocycles. The summed E-state index contributed by atoms with van der Waals surface area (Å²) in [5.41, 5.74) is 1.83. The van der Waals surface area contributed by atoms with Crippen LogP contribution in [0, 0.1) is 0 Å². The molecule has 0 aliphatic carbocycles. The van der Waals surface area contributed by atoms with Gasteiger partial charge in [-0.1, -0.05) is 30.1 Å². The first-order valence-electron chi connectivity index (χ1n) is 4.56. The first-order chi connectivity index (χ1) is 7.13. The molecule has 15 heavy (non-hydrogen) atoms. The van der Waals surface area contributed by atoms with Gasteiger partial charge in [-0.15, -0.1) is 0 Å².